The first-order valence-corrected chi connectivity index (χ1v) is 3.58. The molecule has 0 radical (unpaired) electrons. The summed E-state index contributed by atoms with van der Waals surface area (Å²) in [6.45, 7) is 12.0. The van der Waals surface area contributed by atoms with Gasteiger partial charge in [-0.3, -0.25) is 0 Å². The maximum Gasteiger partial charge on any atom is 0.114 e. The van der Waals surface area contributed by atoms with E-state index in [1.807, 2.05) is 27.7 Å². The zero-order chi connectivity index (χ0) is 8.41. The second kappa shape index (κ2) is 11.1. The summed E-state index contributed by atoms with van der Waals surface area (Å²) in [5, 5.41) is 3.56. The highest BCUT2D eigenvalue weighted by molar-refractivity contribution is 5.75. The van der Waals surface area contributed by atoms with Crippen LogP contribution < -0.4 is 0 Å². The Balaban J connectivity index is 0. The molecule has 0 aliphatic rings. The van der Waals surface area contributed by atoms with Gasteiger partial charge in [-0.05, 0) is 19.4 Å². The highest BCUT2D eigenvalue weighted by Crippen LogP contribution is 1.80. The van der Waals surface area contributed by atoms with Crippen LogP contribution in [0.25, 0.3) is 0 Å². The van der Waals surface area contributed by atoms with Crippen molar-refractivity contribution in [3.63, 3.8) is 0 Å². The summed E-state index contributed by atoms with van der Waals surface area (Å²) in [4.78, 5) is 4.65. The minimum Gasteiger partial charge on any atom is -0.396 e. The highest BCUT2D eigenvalue weighted by atomic mass is 16.6. The highest BCUT2D eigenvalue weighted by Gasteiger charge is 1.72. The van der Waals surface area contributed by atoms with Gasteiger partial charge < -0.3 is 4.84 Å². The predicted molar refractivity (Wildman–Crippen MR) is 46.3 cm³/mol. The van der Waals surface area contributed by atoms with Gasteiger partial charge in [0, 0.05) is 0 Å². The first-order valence-electron chi connectivity index (χ1n) is 3.58. The molecule has 0 saturated carbocycles. The second-order valence-electron chi connectivity index (χ2n) is 1.50. The molecule has 60 valence electrons. The third-order valence-corrected chi connectivity index (χ3v) is 0.477. The van der Waals surface area contributed by atoms with E-state index in [0.717, 1.165) is 5.57 Å². The van der Waals surface area contributed by atoms with Gasteiger partial charge in [-0.1, -0.05) is 25.6 Å². The van der Waals surface area contributed by atoms with Crippen molar-refractivity contribution in [3.8, 4) is 0 Å². The molecule has 0 aromatic carbocycles. The van der Waals surface area contributed by atoms with Crippen molar-refractivity contribution in [1.82, 2.24) is 0 Å². The lowest BCUT2D eigenvalue weighted by atomic mass is 10.4. The molecule has 0 unspecified atom stereocenters. The van der Waals surface area contributed by atoms with Gasteiger partial charge in [0.05, 0.1) is 6.21 Å². The quantitative estimate of drug-likeness (QED) is 0.439. The van der Waals surface area contributed by atoms with Crippen LogP contribution in [-0.2, 0) is 4.84 Å². The lowest BCUT2D eigenvalue weighted by Gasteiger charge is -1.88. The minimum atomic E-state index is 0.615. The second-order valence-corrected chi connectivity index (χ2v) is 1.50. The number of oxime groups is 1. The van der Waals surface area contributed by atoms with Crippen LogP contribution in [0.15, 0.2) is 17.3 Å². The Kier molecular flexibility index (Phi) is 13.2. The summed E-state index contributed by atoms with van der Waals surface area (Å²) in [5.41, 5.74) is 0.901. The van der Waals surface area contributed by atoms with Crippen LogP contribution in [0.3, 0.4) is 0 Å². The fourth-order valence-corrected chi connectivity index (χ4v) is 0.202. The third kappa shape index (κ3) is 15.7. The van der Waals surface area contributed by atoms with E-state index in [4.69, 9.17) is 0 Å². The van der Waals surface area contributed by atoms with Gasteiger partial charge in [-0.2, -0.15) is 0 Å². The first-order chi connectivity index (χ1) is 4.77. The molecule has 0 bridgehead atoms. The maximum absolute atomic E-state index is 4.65. The van der Waals surface area contributed by atoms with Crippen molar-refractivity contribution in [3.05, 3.63) is 12.2 Å². The molecule has 0 rings (SSSR count). The van der Waals surface area contributed by atoms with Gasteiger partial charge in [0.2, 0.25) is 0 Å². The molecule has 0 saturated heterocycles. The van der Waals surface area contributed by atoms with Crippen molar-refractivity contribution >= 4 is 6.21 Å². The van der Waals surface area contributed by atoms with E-state index in [9.17, 15) is 0 Å². The Bertz CT molecular complexity index is 97.4. The zero-order valence-corrected chi connectivity index (χ0v) is 7.35. The Morgan fingerprint density at radius 3 is 2.40 bits per heavy atom. The van der Waals surface area contributed by atoms with Crippen LogP contribution in [0, 0.1) is 0 Å². The van der Waals surface area contributed by atoms with Gasteiger partial charge in [0.1, 0.15) is 6.61 Å². The molecular weight excluding hydrogens is 126 g/mol. The molecule has 0 aromatic rings. The molecule has 2 heteroatoms. The van der Waals surface area contributed by atoms with E-state index in [0.29, 0.717) is 6.61 Å². The molecule has 2 nitrogen and oxygen atoms in total. The van der Waals surface area contributed by atoms with Gasteiger partial charge >= 0.3 is 0 Å². The summed E-state index contributed by atoms with van der Waals surface area (Å²) in [6, 6.07) is 0. The van der Waals surface area contributed by atoms with E-state index in [1.165, 1.54) is 0 Å². The van der Waals surface area contributed by atoms with E-state index in [1.54, 1.807) is 6.21 Å². The Labute approximate surface area is 63.6 Å². The van der Waals surface area contributed by atoms with Crippen molar-refractivity contribution in [2.75, 3.05) is 6.61 Å². The summed E-state index contributed by atoms with van der Waals surface area (Å²) in [6.07, 6.45) is 1.59. The summed E-state index contributed by atoms with van der Waals surface area (Å²) < 4.78 is 0. The van der Waals surface area contributed by atoms with Crippen LogP contribution in [0.1, 0.15) is 27.7 Å². The van der Waals surface area contributed by atoms with E-state index in [-0.39, 0.29) is 0 Å². The Hall–Kier alpha value is -0.790. The van der Waals surface area contributed by atoms with Crippen LogP contribution >= 0.6 is 0 Å². The van der Waals surface area contributed by atoms with Gasteiger partial charge in [0.15, 0.2) is 0 Å². The van der Waals surface area contributed by atoms with Crippen molar-refractivity contribution in [2.45, 2.75) is 27.7 Å². The topological polar surface area (TPSA) is 21.6 Å². The molecule has 0 N–H and O–H groups in total. The first kappa shape index (κ1) is 11.9. The fourth-order valence-electron chi connectivity index (χ4n) is 0.202. The Morgan fingerprint density at radius 1 is 1.60 bits per heavy atom. The van der Waals surface area contributed by atoms with Crippen LogP contribution in [0.4, 0.5) is 0 Å². The van der Waals surface area contributed by atoms with E-state index < -0.39 is 0 Å². The molecule has 0 aliphatic heterocycles. The molecule has 10 heavy (non-hydrogen) atoms. The Morgan fingerprint density at radius 2 is 2.10 bits per heavy atom. The number of allylic oxidation sites excluding steroid dienone is 1. The van der Waals surface area contributed by atoms with Gasteiger partial charge in [0.25, 0.3) is 0 Å². The van der Waals surface area contributed by atoms with Crippen molar-refractivity contribution in [1.29, 1.82) is 0 Å². The zero-order valence-electron chi connectivity index (χ0n) is 7.35. The summed E-state index contributed by atoms with van der Waals surface area (Å²) in [7, 11) is 0. The molecular formula is C8H17NO. The molecule has 0 atom stereocenters. The molecule has 0 aromatic heterocycles. The predicted octanol–water partition coefficient (Wildman–Crippen LogP) is 2.61. The summed E-state index contributed by atoms with van der Waals surface area (Å²) >= 11 is 0. The van der Waals surface area contributed by atoms with Crippen molar-refractivity contribution < 1.29 is 4.84 Å². The van der Waals surface area contributed by atoms with Crippen molar-refractivity contribution in [2.24, 2.45) is 5.16 Å². The van der Waals surface area contributed by atoms with Crippen LogP contribution in [-0.4, -0.2) is 12.8 Å². The number of hydrogen-bond donors (Lipinski definition) is 0. The maximum atomic E-state index is 4.65. The monoisotopic (exact) mass is 143 g/mol. The molecule has 0 spiro atoms. The average molecular weight is 143 g/mol. The van der Waals surface area contributed by atoms with Gasteiger partial charge in [-0.25, -0.2) is 0 Å². The fraction of sp³-hybridized carbons (Fsp3) is 0.625. The van der Waals surface area contributed by atoms with E-state index in [2.05, 4.69) is 16.6 Å². The minimum absolute atomic E-state index is 0.615. The van der Waals surface area contributed by atoms with E-state index >= 15 is 0 Å². The molecule has 0 amide bonds. The molecule has 0 heterocycles. The van der Waals surface area contributed by atoms with Gasteiger partial charge in [-0.15, -0.1) is 0 Å². The summed E-state index contributed by atoms with van der Waals surface area (Å²) in [5.74, 6) is 0. The largest absolute Gasteiger partial charge is 0.396 e. The normalized spacial score (nSPS) is 8.40. The molecule has 0 fully saturated rings. The van der Waals surface area contributed by atoms with Crippen LogP contribution in [0.2, 0.25) is 0 Å². The smallest absolute Gasteiger partial charge is 0.114 e. The molecule has 0 aliphatic carbocycles. The lowest BCUT2D eigenvalue weighted by molar-refractivity contribution is 0.160. The van der Waals surface area contributed by atoms with Crippen LogP contribution in [0.5, 0.6) is 0 Å². The third-order valence-electron chi connectivity index (χ3n) is 0.477. The lowest BCUT2D eigenvalue weighted by Crippen LogP contribution is -1.80. The number of rotatable bonds is 3. The SMILES string of the molecule is C=C(C)/C=N\OCC.CC. The standard InChI is InChI=1S/C6H11NO.C2H6/c1-4-8-7-5-6(2)3;1-2/h5H,2,4H2,1,3H3;1-2H3/b7-5-;. The average Bonchev–Trinajstić information content (AvgIpc) is 1.92. The number of hydrogen-bond acceptors (Lipinski definition) is 2. The number of nitrogens with zero attached hydrogens (tertiary/aromatic N) is 1.